The summed E-state index contributed by atoms with van der Waals surface area (Å²) in [5.41, 5.74) is 6.32. The molecular formula is C12H17N3O2S. The monoisotopic (exact) mass is 267 g/mol. The number of hydrogen-bond donors (Lipinski definition) is 1. The normalized spacial score (nSPS) is 27.8. The van der Waals surface area contributed by atoms with E-state index in [2.05, 4.69) is 4.98 Å². The Morgan fingerprint density at radius 3 is 2.72 bits per heavy atom. The lowest BCUT2D eigenvalue weighted by Gasteiger charge is -2.25. The van der Waals surface area contributed by atoms with Crippen LogP contribution in [0.1, 0.15) is 24.8 Å². The standard InChI is InChI=1S/C12H17N3O2S/c13-6-10-2-4-12(14-7-10)18(16,17)15-8-9-1-3-11(15)5-9/h2,4,7,9,11H,1,3,5-6,8,13H2. The predicted molar refractivity (Wildman–Crippen MR) is 67.1 cm³/mol. The lowest BCUT2D eigenvalue weighted by Crippen LogP contribution is -2.37. The highest BCUT2D eigenvalue weighted by atomic mass is 32.2. The highest BCUT2D eigenvalue weighted by Gasteiger charge is 2.44. The van der Waals surface area contributed by atoms with Crippen molar-refractivity contribution in [3.05, 3.63) is 23.9 Å². The molecule has 2 bridgehead atoms. The minimum absolute atomic E-state index is 0.146. The van der Waals surface area contributed by atoms with E-state index >= 15 is 0 Å². The van der Waals surface area contributed by atoms with Gasteiger partial charge in [-0.1, -0.05) is 6.07 Å². The van der Waals surface area contributed by atoms with Crippen molar-refractivity contribution in [2.45, 2.75) is 36.9 Å². The number of sulfonamides is 1. The molecule has 2 unspecified atom stereocenters. The average molecular weight is 267 g/mol. The molecule has 1 aliphatic carbocycles. The van der Waals surface area contributed by atoms with Crippen molar-refractivity contribution in [2.75, 3.05) is 6.54 Å². The van der Waals surface area contributed by atoms with Gasteiger partial charge in [0.05, 0.1) is 0 Å². The molecule has 2 fully saturated rings. The zero-order valence-electron chi connectivity index (χ0n) is 10.1. The highest BCUT2D eigenvalue weighted by molar-refractivity contribution is 7.89. The summed E-state index contributed by atoms with van der Waals surface area (Å²) >= 11 is 0. The molecule has 3 rings (SSSR count). The van der Waals surface area contributed by atoms with E-state index in [0.29, 0.717) is 19.0 Å². The Morgan fingerprint density at radius 2 is 2.22 bits per heavy atom. The molecule has 2 aliphatic rings. The summed E-state index contributed by atoms with van der Waals surface area (Å²) in [6.45, 7) is 1.04. The van der Waals surface area contributed by atoms with Crippen LogP contribution in [0.3, 0.4) is 0 Å². The minimum atomic E-state index is -3.41. The van der Waals surface area contributed by atoms with Crippen molar-refractivity contribution in [2.24, 2.45) is 11.7 Å². The Hall–Kier alpha value is -0.980. The quantitative estimate of drug-likeness (QED) is 0.875. The van der Waals surface area contributed by atoms with Crippen LogP contribution in [0.5, 0.6) is 0 Å². The van der Waals surface area contributed by atoms with Gasteiger partial charge >= 0.3 is 0 Å². The van der Waals surface area contributed by atoms with E-state index in [1.54, 1.807) is 22.6 Å². The van der Waals surface area contributed by atoms with Gasteiger partial charge in [-0.2, -0.15) is 4.31 Å². The summed E-state index contributed by atoms with van der Waals surface area (Å²) in [6.07, 6.45) is 4.71. The molecule has 0 spiro atoms. The molecule has 1 saturated heterocycles. The van der Waals surface area contributed by atoms with Crippen LogP contribution in [-0.4, -0.2) is 30.3 Å². The van der Waals surface area contributed by atoms with Crippen molar-refractivity contribution in [1.29, 1.82) is 0 Å². The molecule has 18 heavy (non-hydrogen) atoms. The average Bonchev–Trinajstić information content (AvgIpc) is 3.01. The van der Waals surface area contributed by atoms with Crippen molar-refractivity contribution in [3.63, 3.8) is 0 Å². The predicted octanol–water partition coefficient (Wildman–Crippen LogP) is 0.713. The summed E-state index contributed by atoms with van der Waals surface area (Å²) in [5, 5.41) is 0.146. The second-order valence-electron chi connectivity index (χ2n) is 5.12. The third-order valence-electron chi connectivity index (χ3n) is 3.97. The molecule has 0 aromatic carbocycles. The Morgan fingerprint density at radius 1 is 1.39 bits per heavy atom. The molecule has 1 aromatic heterocycles. The van der Waals surface area contributed by atoms with Crippen LogP contribution in [0.25, 0.3) is 0 Å². The van der Waals surface area contributed by atoms with Crippen LogP contribution in [0, 0.1) is 5.92 Å². The SMILES string of the molecule is NCc1ccc(S(=O)(=O)N2CC3CCC2C3)nc1. The first-order chi connectivity index (χ1) is 8.61. The molecule has 1 aromatic rings. The molecule has 6 heteroatoms. The van der Waals surface area contributed by atoms with Crippen LogP contribution < -0.4 is 5.73 Å². The molecule has 1 saturated carbocycles. The van der Waals surface area contributed by atoms with Gasteiger partial charge in [0.1, 0.15) is 0 Å². The molecule has 98 valence electrons. The van der Waals surface area contributed by atoms with Gasteiger partial charge < -0.3 is 5.73 Å². The van der Waals surface area contributed by atoms with E-state index in [9.17, 15) is 8.42 Å². The molecule has 2 heterocycles. The maximum absolute atomic E-state index is 12.5. The highest BCUT2D eigenvalue weighted by Crippen LogP contribution is 2.40. The van der Waals surface area contributed by atoms with Crippen LogP contribution >= 0.6 is 0 Å². The topological polar surface area (TPSA) is 76.3 Å². The van der Waals surface area contributed by atoms with Gasteiger partial charge in [-0.25, -0.2) is 13.4 Å². The molecule has 2 N–H and O–H groups in total. The first-order valence-electron chi connectivity index (χ1n) is 6.28. The number of piperidine rings is 1. The number of pyridine rings is 1. The first kappa shape index (κ1) is 12.1. The molecule has 0 amide bonds. The van der Waals surface area contributed by atoms with Crippen LogP contribution in [0.2, 0.25) is 0 Å². The molecule has 2 atom stereocenters. The van der Waals surface area contributed by atoms with Crippen molar-refractivity contribution >= 4 is 10.0 Å². The Kier molecular flexibility index (Phi) is 2.88. The summed E-state index contributed by atoms with van der Waals surface area (Å²) in [6, 6.07) is 3.48. The Balaban J connectivity index is 1.89. The molecule has 0 radical (unpaired) electrons. The van der Waals surface area contributed by atoms with E-state index in [-0.39, 0.29) is 11.1 Å². The fourth-order valence-corrected chi connectivity index (χ4v) is 4.64. The van der Waals surface area contributed by atoms with E-state index in [0.717, 1.165) is 24.8 Å². The number of nitrogens with zero attached hydrogens (tertiary/aromatic N) is 2. The Bertz CT molecular complexity index is 541. The van der Waals surface area contributed by atoms with Gasteiger partial charge in [-0.15, -0.1) is 0 Å². The maximum atomic E-state index is 12.5. The van der Waals surface area contributed by atoms with E-state index in [1.807, 2.05) is 0 Å². The van der Waals surface area contributed by atoms with Crippen molar-refractivity contribution < 1.29 is 8.42 Å². The number of aromatic nitrogens is 1. The smallest absolute Gasteiger partial charge is 0.260 e. The van der Waals surface area contributed by atoms with Gasteiger partial charge in [-0.05, 0) is 36.8 Å². The maximum Gasteiger partial charge on any atom is 0.260 e. The third kappa shape index (κ3) is 1.84. The first-order valence-corrected chi connectivity index (χ1v) is 7.72. The van der Waals surface area contributed by atoms with E-state index < -0.39 is 10.0 Å². The summed E-state index contributed by atoms with van der Waals surface area (Å²) in [4.78, 5) is 4.04. The fraction of sp³-hybridized carbons (Fsp3) is 0.583. The summed E-state index contributed by atoms with van der Waals surface area (Å²) in [7, 11) is -3.41. The van der Waals surface area contributed by atoms with Crippen LogP contribution in [0.15, 0.2) is 23.4 Å². The second-order valence-corrected chi connectivity index (χ2v) is 6.95. The van der Waals surface area contributed by atoms with Crippen LogP contribution in [0.4, 0.5) is 0 Å². The van der Waals surface area contributed by atoms with E-state index in [1.165, 1.54) is 0 Å². The summed E-state index contributed by atoms with van der Waals surface area (Å²) in [5.74, 6) is 0.549. The lowest BCUT2D eigenvalue weighted by molar-refractivity contribution is 0.332. The number of rotatable bonds is 3. The molecule has 1 aliphatic heterocycles. The van der Waals surface area contributed by atoms with Gasteiger partial charge in [0.2, 0.25) is 0 Å². The summed E-state index contributed by atoms with van der Waals surface area (Å²) < 4.78 is 26.5. The van der Waals surface area contributed by atoms with Gasteiger partial charge in [-0.3, -0.25) is 0 Å². The number of hydrogen-bond acceptors (Lipinski definition) is 4. The van der Waals surface area contributed by atoms with Crippen molar-refractivity contribution in [3.8, 4) is 0 Å². The largest absolute Gasteiger partial charge is 0.326 e. The second kappa shape index (κ2) is 4.29. The molecular weight excluding hydrogens is 250 g/mol. The van der Waals surface area contributed by atoms with Gasteiger partial charge in [0.25, 0.3) is 10.0 Å². The van der Waals surface area contributed by atoms with Crippen molar-refractivity contribution in [1.82, 2.24) is 9.29 Å². The van der Waals surface area contributed by atoms with Crippen LogP contribution in [-0.2, 0) is 16.6 Å². The third-order valence-corrected chi connectivity index (χ3v) is 5.80. The molecule has 5 nitrogen and oxygen atoms in total. The van der Waals surface area contributed by atoms with Gasteiger partial charge in [0, 0.05) is 25.3 Å². The van der Waals surface area contributed by atoms with E-state index in [4.69, 9.17) is 5.73 Å². The zero-order valence-corrected chi connectivity index (χ0v) is 10.9. The number of fused-ring (bicyclic) bond motifs is 2. The minimum Gasteiger partial charge on any atom is -0.326 e. The van der Waals surface area contributed by atoms with Gasteiger partial charge in [0.15, 0.2) is 5.03 Å². The lowest BCUT2D eigenvalue weighted by atomic mass is 10.1. The Labute approximate surface area is 107 Å². The zero-order chi connectivity index (χ0) is 12.8. The fourth-order valence-electron chi connectivity index (χ4n) is 2.98. The number of nitrogens with two attached hydrogens (primary N) is 1.